The highest BCUT2D eigenvalue weighted by Crippen LogP contribution is 2.25. The van der Waals surface area contributed by atoms with E-state index in [1.54, 1.807) is 19.2 Å². The van der Waals surface area contributed by atoms with Crippen molar-refractivity contribution in [2.75, 3.05) is 0 Å². The SMILES string of the molecule is C/C=C\c1ncc(-c2ccc(P)c(C)c2F)cc1C. The number of nitrogens with zero attached hydrogens (tertiary/aromatic N) is 1. The van der Waals surface area contributed by atoms with Gasteiger partial charge >= 0.3 is 0 Å². The van der Waals surface area contributed by atoms with Crippen LogP contribution in [0.15, 0.2) is 30.5 Å². The fourth-order valence-corrected chi connectivity index (χ4v) is 2.21. The minimum absolute atomic E-state index is 0.174. The summed E-state index contributed by atoms with van der Waals surface area (Å²) >= 11 is 0. The lowest BCUT2D eigenvalue weighted by Gasteiger charge is -2.09. The predicted molar refractivity (Wildman–Crippen MR) is 83.2 cm³/mol. The topological polar surface area (TPSA) is 12.9 Å². The maximum atomic E-state index is 14.3. The van der Waals surface area contributed by atoms with E-state index in [4.69, 9.17) is 0 Å². The molecule has 98 valence electrons. The zero-order valence-electron chi connectivity index (χ0n) is 11.4. The van der Waals surface area contributed by atoms with E-state index in [1.165, 1.54) is 0 Å². The molecule has 0 aliphatic rings. The van der Waals surface area contributed by atoms with E-state index in [2.05, 4.69) is 14.2 Å². The van der Waals surface area contributed by atoms with Crippen molar-refractivity contribution >= 4 is 20.6 Å². The molecule has 1 unspecified atom stereocenters. The molecule has 0 saturated heterocycles. The molecule has 1 atom stereocenters. The minimum Gasteiger partial charge on any atom is -0.256 e. The van der Waals surface area contributed by atoms with Gasteiger partial charge in [-0.05, 0) is 49.3 Å². The third-order valence-electron chi connectivity index (χ3n) is 3.18. The van der Waals surface area contributed by atoms with Crippen molar-refractivity contribution < 1.29 is 4.39 Å². The lowest BCUT2D eigenvalue weighted by molar-refractivity contribution is 0.623. The van der Waals surface area contributed by atoms with Crippen LogP contribution in [-0.2, 0) is 0 Å². The Morgan fingerprint density at radius 2 is 2.00 bits per heavy atom. The summed E-state index contributed by atoms with van der Waals surface area (Å²) in [6, 6.07) is 5.69. The fraction of sp³-hybridized carbons (Fsp3) is 0.188. The average Bonchev–Trinajstić information content (AvgIpc) is 2.39. The van der Waals surface area contributed by atoms with Crippen molar-refractivity contribution in [2.24, 2.45) is 0 Å². The summed E-state index contributed by atoms with van der Waals surface area (Å²) in [6.07, 6.45) is 5.62. The third-order valence-corrected chi connectivity index (χ3v) is 3.81. The van der Waals surface area contributed by atoms with Crippen molar-refractivity contribution in [3.63, 3.8) is 0 Å². The quantitative estimate of drug-likeness (QED) is 0.753. The van der Waals surface area contributed by atoms with Gasteiger partial charge in [-0.3, -0.25) is 4.98 Å². The molecule has 1 nitrogen and oxygen atoms in total. The number of hydrogen-bond acceptors (Lipinski definition) is 1. The third kappa shape index (κ3) is 2.74. The van der Waals surface area contributed by atoms with E-state index in [9.17, 15) is 4.39 Å². The number of pyridine rings is 1. The highest BCUT2D eigenvalue weighted by molar-refractivity contribution is 7.27. The summed E-state index contributed by atoms with van der Waals surface area (Å²) in [4.78, 5) is 4.38. The molecule has 0 aliphatic heterocycles. The second-order valence-corrected chi connectivity index (χ2v) is 5.19. The van der Waals surface area contributed by atoms with Crippen LogP contribution in [0.4, 0.5) is 4.39 Å². The highest BCUT2D eigenvalue weighted by Gasteiger charge is 2.10. The summed E-state index contributed by atoms with van der Waals surface area (Å²) in [5.41, 5.74) is 4.05. The first-order valence-electron chi connectivity index (χ1n) is 6.19. The molecule has 0 aliphatic carbocycles. The van der Waals surface area contributed by atoms with E-state index in [-0.39, 0.29) is 5.82 Å². The van der Waals surface area contributed by atoms with Gasteiger partial charge in [-0.2, -0.15) is 0 Å². The zero-order chi connectivity index (χ0) is 14.0. The number of aromatic nitrogens is 1. The molecule has 1 heterocycles. The van der Waals surface area contributed by atoms with Crippen molar-refractivity contribution in [3.8, 4) is 11.1 Å². The maximum Gasteiger partial charge on any atom is 0.134 e. The molecular weight excluding hydrogens is 256 g/mol. The Hall–Kier alpha value is -1.53. The van der Waals surface area contributed by atoms with Crippen LogP contribution in [0.1, 0.15) is 23.7 Å². The second-order valence-electron chi connectivity index (χ2n) is 4.57. The van der Waals surface area contributed by atoms with Crippen LogP contribution in [-0.4, -0.2) is 4.98 Å². The molecule has 1 aromatic carbocycles. The van der Waals surface area contributed by atoms with E-state index < -0.39 is 0 Å². The number of halogens is 1. The molecule has 0 fully saturated rings. The molecule has 0 spiro atoms. The maximum absolute atomic E-state index is 14.3. The lowest BCUT2D eigenvalue weighted by Crippen LogP contribution is -2.02. The molecule has 0 radical (unpaired) electrons. The average molecular weight is 273 g/mol. The molecule has 0 amide bonds. The van der Waals surface area contributed by atoms with Crippen molar-refractivity contribution in [1.29, 1.82) is 0 Å². The first-order valence-corrected chi connectivity index (χ1v) is 6.76. The first kappa shape index (κ1) is 13.9. The van der Waals surface area contributed by atoms with Crippen LogP contribution in [0.3, 0.4) is 0 Å². The molecule has 2 aromatic rings. The number of benzene rings is 1. The molecule has 1 aromatic heterocycles. The Morgan fingerprint density at radius 3 is 2.63 bits per heavy atom. The monoisotopic (exact) mass is 273 g/mol. The second kappa shape index (κ2) is 5.63. The van der Waals surface area contributed by atoms with Gasteiger partial charge in [0.2, 0.25) is 0 Å². The van der Waals surface area contributed by atoms with E-state index in [0.717, 1.165) is 22.1 Å². The largest absolute Gasteiger partial charge is 0.256 e. The lowest BCUT2D eigenvalue weighted by atomic mass is 10.0. The predicted octanol–water partition coefficient (Wildman–Crippen LogP) is 4.04. The van der Waals surface area contributed by atoms with Gasteiger partial charge in [0.05, 0.1) is 5.69 Å². The van der Waals surface area contributed by atoms with E-state index >= 15 is 0 Å². The highest BCUT2D eigenvalue weighted by atomic mass is 31.0. The molecular formula is C16H17FNP. The molecule has 19 heavy (non-hydrogen) atoms. The molecule has 2 rings (SSSR count). The fourth-order valence-electron chi connectivity index (χ4n) is 1.99. The van der Waals surface area contributed by atoms with Crippen LogP contribution >= 0.6 is 9.24 Å². The van der Waals surface area contributed by atoms with Gasteiger partial charge in [0.25, 0.3) is 0 Å². The van der Waals surface area contributed by atoms with Crippen LogP contribution < -0.4 is 5.30 Å². The Labute approximate surface area is 115 Å². The molecule has 3 heteroatoms. The van der Waals surface area contributed by atoms with Gasteiger partial charge in [0, 0.05) is 17.3 Å². The van der Waals surface area contributed by atoms with Crippen molar-refractivity contribution in [3.05, 3.63) is 53.1 Å². The Balaban J connectivity index is 2.54. The van der Waals surface area contributed by atoms with Gasteiger partial charge < -0.3 is 0 Å². The number of rotatable bonds is 2. The van der Waals surface area contributed by atoms with Crippen LogP contribution in [0.25, 0.3) is 17.2 Å². The van der Waals surface area contributed by atoms with Crippen LogP contribution in [0.2, 0.25) is 0 Å². The number of aryl methyl sites for hydroxylation is 1. The smallest absolute Gasteiger partial charge is 0.134 e. The number of hydrogen-bond donors (Lipinski definition) is 0. The van der Waals surface area contributed by atoms with Crippen molar-refractivity contribution in [2.45, 2.75) is 20.8 Å². The van der Waals surface area contributed by atoms with E-state index in [0.29, 0.717) is 11.1 Å². The van der Waals surface area contributed by atoms with Crippen LogP contribution in [0.5, 0.6) is 0 Å². The Kier molecular flexibility index (Phi) is 4.11. The standard InChI is InChI=1S/C16H17FNP/c1-4-5-14-10(2)8-12(9-18-14)13-6-7-15(19)11(3)16(13)17/h4-9H,19H2,1-3H3/b5-4-. The zero-order valence-corrected chi connectivity index (χ0v) is 12.5. The van der Waals surface area contributed by atoms with Gasteiger partial charge in [-0.15, -0.1) is 9.24 Å². The normalized spacial score (nSPS) is 11.2. The molecule has 0 saturated carbocycles. The van der Waals surface area contributed by atoms with Crippen LogP contribution in [0, 0.1) is 19.7 Å². The summed E-state index contributed by atoms with van der Waals surface area (Å²) in [7, 11) is 2.55. The summed E-state index contributed by atoms with van der Waals surface area (Å²) in [6.45, 7) is 5.73. The number of allylic oxidation sites excluding steroid dienone is 1. The van der Waals surface area contributed by atoms with Gasteiger partial charge in [-0.25, -0.2) is 4.39 Å². The van der Waals surface area contributed by atoms with E-state index in [1.807, 2.05) is 38.1 Å². The first-order chi connectivity index (χ1) is 9.04. The van der Waals surface area contributed by atoms with Crippen molar-refractivity contribution in [1.82, 2.24) is 4.98 Å². The summed E-state index contributed by atoms with van der Waals surface area (Å²) < 4.78 is 14.3. The summed E-state index contributed by atoms with van der Waals surface area (Å²) in [5.74, 6) is -0.174. The Morgan fingerprint density at radius 1 is 1.26 bits per heavy atom. The van der Waals surface area contributed by atoms with Gasteiger partial charge in [-0.1, -0.05) is 18.2 Å². The summed E-state index contributed by atoms with van der Waals surface area (Å²) in [5, 5.41) is 0.886. The van der Waals surface area contributed by atoms with Gasteiger partial charge in [0.1, 0.15) is 5.82 Å². The molecule has 0 bridgehead atoms. The Bertz CT molecular complexity index is 647. The van der Waals surface area contributed by atoms with Gasteiger partial charge in [0.15, 0.2) is 0 Å². The molecule has 0 N–H and O–H groups in total. The minimum atomic E-state index is -0.174.